The number of nitrogens with zero attached hydrogens (tertiary/aromatic N) is 2. The fourth-order valence-electron chi connectivity index (χ4n) is 2.24. The quantitative estimate of drug-likeness (QED) is 0.773. The first-order chi connectivity index (χ1) is 10.8. The third-order valence-electron chi connectivity index (χ3n) is 3.31. The maximum Gasteiger partial charge on any atom is 0.277 e. The zero-order valence-corrected chi connectivity index (χ0v) is 13.1. The number of hydrogen-bond acceptors (Lipinski definition) is 6. The van der Waals surface area contributed by atoms with Crippen molar-refractivity contribution >= 4 is 33.7 Å². The molecule has 1 aliphatic rings. The zero-order chi connectivity index (χ0) is 14.9. The molecule has 3 aromatic rings. The summed E-state index contributed by atoms with van der Waals surface area (Å²) in [7, 11) is 0. The van der Waals surface area contributed by atoms with E-state index in [1.807, 2.05) is 17.5 Å². The van der Waals surface area contributed by atoms with Gasteiger partial charge >= 0.3 is 0 Å². The van der Waals surface area contributed by atoms with Crippen LogP contribution in [0.25, 0.3) is 10.6 Å². The zero-order valence-electron chi connectivity index (χ0n) is 11.5. The van der Waals surface area contributed by atoms with E-state index >= 15 is 0 Å². The fraction of sp³-hybridized carbons (Fsp3) is 0.214. The van der Waals surface area contributed by atoms with Gasteiger partial charge in [0, 0.05) is 6.42 Å². The first-order valence-electron chi connectivity index (χ1n) is 6.76. The molecule has 2 N–H and O–H groups in total. The molecular weight excluding hydrogens is 320 g/mol. The van der Waals surface area contributed by atoms with Crippen LogP contribution in [-0.4, -0.2) is 27.7 Å². The van der Waals surface area contributed by atoms with Gasteiger partial charge < -0.3 is 4.74 Å². The van der Waals surface area contributed by atoms with Crippen molar-refractivity contribution in [3.05, 3.63) is 39.8 Å². The van der Waals surface area contributed by atoms with Crippen LogP contribution in [0.2, 0.25) is 0 Å². The molecule has 0 bridgehead atoms. The number of nitrogens with one attached hydrogen (secondary N) is 2. The third kappa shape index (κ3) is 2.56. The van der Waals surface area contributed by atoms with Crippen LogP contribution in [0.1, 0.15) is 21.1 Å². The molecule has 8 heteroatoms. The topological polar surface area (TPSA) is 79.9 Å². The molecular formula is C14H12N4O2S2. The second kappa shape index (κ2) is 5.64. The van der Waals surface area contributed by atoms with Crippen molar-refractivity contribution in [2.75, 3.05) is 11.9 Å². The minimum absolute atomic E-state index is 0.258. The van der Waals surface area contributed by atoms with Gasteiger partial charge in [0.15, 0.2) is 10.8 Å². The standard InChI is InChI=1S/C14H12N4O2S2/c19-13(10-6-9(17-18-10)11-2-1-5-21-11)16-14-15-8-3-4-20-7-12(8)22-14/h1-2,5-6H,3-4,7H2,(H,17,18)(H,15,16,19). The molecule has 0 fully saturated rings. The number of rotatable bonds is 3. The highest BCUT2D eigenvalue weighted by Gasteiger charge is 2.18. The van der Waals surface area contributed by atoms with E-state index in [4.69, 9.17) is 4.74 Å². The molecule has 6 nitrogen and oxygen atoms in total. The summed E-state index contributed by atoms with van der Waals surface area (Å²) in [6, 6.07) is 5.69. The van der Waals surface area contributed by atoms with E-state index in [0.717, 1.165) is 27.6 Å². The maximum absolute atomic E-state index is 12.3. The van der Waals surface area contributed by atoms with Gasteiger partial charge in [-0.15, -0.1) is 11.3 Å². The van der Waals surface area contributed by atoms with Gasteiger partial charge in [-0.3, -0.25) is 15.2 Å². The largest absolute Gasteiger partial charge is 0.375 e. The maximum atomic E-state index is 12.3. The van der Waals surface area contributed by atoms with Crippen LogP contribution < -0.4 is 5.32 Å². The number of amides is 1. The molecule has 0 unspecified atom stereocenters. The molecule has 0 atom stereocenters. The Kier molecular flexibility index (Phi) is 3.49. The molecule has 1 aliphatic heterocycles. The molecule has 4 rings (SSSR count). The average Bonchev–Trinajstić information content (AvgIpc) is 3.26. The highest BCUT2D eigenvalue weighted by Crippen LogP contribution is 2.28. The molecule has 112 valence electrons. The Balaban J connectivity index is 1.51. The number of thiophene rings is 1. The Morgan fingerprint density at radius 2 is 2.41 bits per heavy atom. The summed E-state index contributed by atoms with van der Waals surface area (Å²) in [6.07, 6.45) is 0.798. The molecule has 22 heavy (non-hydrogen) atoms. The molecule has 4 heterocycles. The van der Waals surface area contributed by atoms with Crippen LogP contribution in [0.5, 0.6) is 0 Å². The predicted molar refractivity (Wildman–Crippen MR) is 85.3 cm³/mol. The monoisotopic (exact) mass is 332 g/mol. The van der Waals surface area contributed by atoms with Gasteiger partial charge in [0.25, 0.3) is 5.91 Å². The van der Waals surface area contributed by atoms with Crippen molar-refractivity contribution in [1.29, 1.82) is 0 Å². The number of aromatic nitrogens is 3. The van der Waals surface area contributed by atoms with Gasteiger partial charge in [-0.1, -0.05) is 17.4 Å². The van der Waals surface area contributed by atoms with Gasteiger partial charge in [0.1, 0.15) is 0 Å². The van der Waals surface area contributed by atoms with Crippen molar-refractivity contribution in [3.8, 4) is 10.6 Å². The van der Waals surface area contributed by atoms with E-state index in [1.54, 1.807) is 17.4 Å². The first-order valence-corrected chi connectivity index (χ1v) is 8.46. The number of hydrogen-bond donors (Lipinski definition) is 2. The molecule has 0 aliphatic carbocycles. The molecule has 3 aromatic heterocycles. The molecule has 0 radical (unpaired) electrons. The SMILES string of the molecule is O=C(Nc1nc2c(s1)COCC2)c1cc(-c2cccs2)[nH]n1. The van der Waals surface area contributed by atoms with Gasteiger partial charge in [-0.05, 0) is 17.5 Å². The van der Waals surface area contributed by atoms with E-state index in [1.165, 1.54) is 11.3 Å². The average molecular weight is 332 g/mol. The Labute approximate surface area is 134 Å². The van der Waals surface area contributed by atoms with Crippen molar-refractivity contribution in [1.82, 2.24) is 15.2 Å². The molecule has 0 saturated heterocycles. The van der Waals surface area contributed by atoms with Crippen molar-refractivity contribution in [2.45, 2.75) is 13.0 Å². The van der Waals surface area contributed by atoms with E-state index in [9.17, 15) is 4.79 Å². The highest BCUT2D eigenvalue weighted by molar-refractivity contribution is 7.15. The Morgan fingerprint density at radius 1 is 1.45 bits per heavy atom. The van der Waals surface area contributed by atoms with E-state index in [0.29, 0.717) is 24.0 Å². The van der Waals surface area contributed by atoms with Crippen molar-refractivity contribution < 1.29 is 9.53 Å². The fourth-order valence-corrected chi connectivity index (χ4v) is 3.87. The van der Waals surface area contributed by atoms with Crippen molar-refractivity contribution in [2.24, 2.45) is 0 Å². The van der Waals surface area contributed by atoms with Gasteiger partial charge in [-0.25, -0.2) is 4.98 Å². The molecule has 0 saturated carbocycles. The van der Waals surface area contributed by atoms with Crippen LogP contribution in [0.3, 0.4) is 0 Å². The summed E-state index contributed by atoms with van der Waals surface area (Å²) in [4.78, 5) is 18.8. The van der Waals surface area contributed by atoms with Crippen LogP contribution in [0.4, 0.5) is 5.13 Å². The van der Waals surface area contributed by atoms with Crippen LogP contribution in [0.15, 0.2) is 23.6 Å². The lowest BCUT2D eigenvalue weighted by atomic mass is 10.2. The minimum atomic E-state index is -0.258. The number of thiazole rings is 1. The van der Waals surface area contributed by atoms with Crippen LogP contribution >= 0.6 is 22.7 Å². The lowest BCUT2D eigenvalue weighted by Crippen LogP contribution is -2.12. The molecule has 1 amide bonds. The number of ether oxygens (including phenoxy) is 1. The number of aromatic amines is 1. The minimum Gasteiger partial charge on any atom is -0.375 e. The number of fused-ring (bicyclic) bond motifs is 1. The molecule has 0 aromatic carbocycles. The van der Waals surface area contributed by atoms with Gasteiger partial charge in [-0.2, -0.15) is 5.10 Å². The summed E-state index contributed by atoms with van der Waals surface area (Å²) in [5, 5.41) is 12.3. The molecule has 0 spiro atoms. The van der Waals surface area contributed by atoms with Crippen molar-refractivity contribution in [3.63, 3.8) is 0 Å². The lowest BCUT2D eigenvalue weighted by molar-refractivity contribution is 0.102. The number of carbonyl (C=O) groups is 1. The second-order valence-electron chi connectivity index (χ2n) is 4.79. The van der Waals surface area contributed by atoms with Crippen LogP contribution in [0, 0.1) is 0 Å². The van der Waals surface area contributed by atoms with E-state index in [-0.39, 0.29) is 5.91 Å². The van der Waals surface area contributed by atoms with Gasteiger partial charge in [0.2, 0.25) is 0 Å². The van der Waals surface area contributed by atoms with Crippen LogP contribution in [-0.2, 0) is 17.8 Å². The number of H-pyrrole nitrogens is 1. The summed E-state index contributed by atoms with van der Waals surface area (Å²) in [5.41, 5.74) is 2.22. The second-order valence-corrected chi connectivity index (χ2v) is 6.82. The number of anilines is 1. The Morgan fingerprint density at radius 3 is 3.23 bits per heavy atom. The Hall–Kier alpha value is -2.03. The first kappa shape index (κ1) is 13.6. The Bertz CT molecular complexity index is 783. The third-order valence-corrected chi connectivity index (χ3v) is 5.20. The smallest absolute Gasteiger partial charge is 0.277 e. The summed E-state index contributed by atoms with van der Waals surface area (Å²) in [6.45, 7) is 1.27. The lowest BCUT2D eigenvalue weighted by Gasteiger charge is -2.08. The number of carbonyl (C=O) groups excluding carboxylic acids is 1. The van der Waals surface area contributed by atoms with E-state index in [2.05, 4.69) is 20.5 Å². The predicted octanol–water partition coefficient (Wildman–Crippen LogP) is 2.92. The van der Waals surface area contributed by atoms with E-state index < -0.39 is 0 Å². The summed E-state index contributed by atoms with van der Waals surface area (Å²) in [5.74, 6) is -0.258. The normalized spacial score (nSPS) is 13.8. The summed E-state index contributed by atoms with van der Waals surface area (Å²) < 4.78 is 5.39. The summed E-state index contributed by atoms with van der Waals surface area (Å²) >= 11 is 3.06. The van der Waals surface area contributed by atoms with Gasteiger partial charge in [0.05, 0.1) is 34.4 Å². The highest BCUT2D eigenvalue weighted by atomic mass is 32.1.